The molecule has 0 spiro atoms. The highest BCUT2D eigenvalue weighted by atomic mass is 32.1. The van der Waals surface area contributed by atoms with E-state index in [-0.39, 0.29) is 17.9 Å². The molecule has 2 amide bonds. The second kappa shape index (κ2) is 9.37. The zero-order valence-corrected chi connectivity index (χ0v) is 17.4. The third kappa shape index (κ3) is 4.77. The van der Waals surface area contributed by atoms with E-state index in [9.17, 15) is 9.59 Å². The average Bonchev–Trinajstić information content (AvgIpc) is 3.46. The van der Waals surface area contributed by atoms with Crippen molar-refractivity contribution in [2.45, 2.75) is 18.9 Å². The lowest BCUT2D eigenvalue weighted by molar-refractivity contribution is -0.137. The van der Waals surface area contributed by atoms with E-state index in [2.05, 4.69) is 29.2 Å². The van der Waals surface area contributed by atoms with Gasteiger partial charge in [0, 0.05) is 39.3 Å². The molecular weight excluding hydrogens is 382 g/mol. The minimum absolute atomic E-state index is 0.000495. The fourth-order valence-corrected chi connectivity index (χ4v) is 4.75. The molecule has 2 aliphatic rings. The van der Waals surface area contributed by atoms with Gasteiger partial charge in [-0.1, -0.05) is 48.6 Å². The van der Waals surface area contributed by atoms with E-state index >= 15 is 0 Å². The molecule has 4 rings (SSSR count). The number of carbonyl (C=O) groups excluding carboxylic acids is 2. The van der Waals surface area contributed by atoms with Gasteiger partial charge in [0.1, 0.15) is 6.04 Å². The number of rotatable bonds is 5. The first-order valence-electron chi connectivity index (χ1n) is 10.3. The molecule has 0 aliphatic carbocycles. The fraction of sp³-hybridized carbons (Fsp3) is 0.391. The minimum Gasteiger partial charge on any atom is -0.338 e. The van der Waals surface area contributed by atoms with Gasteiger partial charge in [-0.2, -0.15) is 0 Å². The van der Waals surface area contributed by atoms with Gasteiger partial charge in [0.15, 0.2) is 0 Å². The first-order chi connectivity index (χ1) is 14.2. The lowest BCUT2D eigenvalue weighted by Gasteiger charge is -2.37. The van der Waals surface area contributed by atoms with E-state index in [0.717, 1.165) is 50.4 Å². The standard InChI is InChI=1S/C23H27N3O2S/c27-22(20-10-5-13-26(20)23(28)21-11-6-18-29-21)25-16-14-24(15-17-25)12-4-9-19-7-2-1-3-8-19/h1-4,6-9,11,18,20H,5,10,12-17H2/b9-4+/t20-/m0/s1. The Morgan fingerprint density at radius 1 is 1.00 bits per heavy atom. The zero-order valence-electron chi connectivity index (χ0n) is 16.6. The van der Waals surface area contributed by atoms with Crippen LogP contribution in [-0.2, 0) is 4.79 Å². The van der Waals surface area contributed by atoms with Crippen LogP contribution >= 0.6 is 11.3 Å². The molecule has 0 unspecified atom stereocenters. The molecule has 2 aromatic rings. The second-order valence-electron chi connectivity index (χ2n) is 7.57. The summed E-state index contributed by atoms with van der Waals surface area (Å²) in [5, 5.41) is 1.91. The molecule has 0 N–H and O–H groups in total. The SMILES string of the molecule is O=C([C@@H]1CCCN1C(=O)c1cccs1)N1CCN(C/C=C/c2ccccc2)CC1. The molecule has 1 atom stereocenters. The Labute approximate surface area is 176 Å². The Morgan fingerprint density at radius 3 is 2.52 bits per heavy atom. The summed E-state index contributed by atoms with van der Waals surface area (Å²) in [6.07, 6.45) is 6.00. The normalized spacial score (nSPS) is 20.5. The predicted molar refractivity (Wildman–Crippen MR) is 117 cm³/mol. The third-order valence-electron chi connectivity index (χ3n) is 5.69. The molecule has 152 valence electrons. The maximum absolute atomic E-state index is 13.1. The quantitative estimate of drug-likeness (QED) is 0.762. The second-order valence-corrected chi connectivity index (χ2v) is 8.52. The van der Waals surface area contributed by atoms with Gasteiger partial charge in [0.25, 0.3) is 5.91 Å². The molecule has 1 aromatic heterocycles. The van der Waals surface area contributed by atoms with Crippen LogP contribution in [0.4, 0.5) is 0 Å². The summed E-state index contributed by atoms with van der Waals surface area (Å²) in [4.78, 5) is 32.7. The summed E-state index contributed by atoms with van der Waals surface area (Å²) in [5.41, 5.74) is 1.21. The molecule has 2 saturated heterocycles. The van der Waals surface area contributed by atoms with E-state index in [0.29, 0.717) is 6.54 Å². The van der Waals surface area contributed by atoms with Crippen LogP contribution in [0.2, 0.25) is 0 Å². The Balaban J connectivity index is 1.28. The Hall–Kier alpha value is -2.44. The van der Waals surface area contributed by atoms with E-state index in [1.807, 2.05) is 40.6 Å². The lowest BCUT2D eigenvalue weighted by Crippen LogP contribution is -2.54. The highest BCUT2D eigenvalue weighted by Crippen LogP contribution is 2.24. The van der Waals surface area contributed by atoms with Gasteiger partial charge in [-0.15, -0.1) is 11.3 Å². The van der Waals surface area contributed by atoms with Crippen molar-refractivity contribution in [1.29, 1.82) is 0 Å². The minimum atomic E-state index is -0.297. The van der Waals surface area contributed by atoms with Crippen molar-refractivity contribution in [3.05, 3.63) is 64.4 Å². The molecule has 2 aliphatic heterocycles. The Kier molecular flexibility index (Phi) is 6.42. The van der Waals surface area contributed by atoms with Gasteiger partial charge < -0.3 is 9.80 Å². The number of hydrogen-bond donors (Lipinski definition) is 0. The van der Waals surface area contributed by atoms with Gasteiger partial charge >= 0.3 is 0 Å². The fourth-order valence-electron chi connectivity index (χ4n) is 4.07. The maximum atomic E-state index is 13.1. The first-order valence-corrected chi connectivity index (χ1v) is 11.2. The van der Waals surface area contributed by atoms with E-state index in [4.69, 9.17) is 0 Å². The van der Waals surface area contributed by atoms with Crippen molar-refractivity contribution < 1.29 is 9.59 Å². The lowest BCUT2D eigenvalue weighted by atomic mass is 10.1. The Morgan fingerprint density at radius 2 is 1.79 bits per heavy atom. The van der Waals surface area contributed by atoms with E-state index in [1.165, 1.54) is 16.9 Å². The molecule has 5 nitrogen and oxygen atoms in total. The van der Waals surface area contributed by atoms with Crippen molar-refractivity contribution >= 4 is 29.2 Å². The monoisotopic (exact) mass is 409 g/mol. The third-order valence-corrected chi connectivity index (χ3v) is 6.55. The molecule has 3 heterocycles. The zero-order chi connectivity index (χ0) is 20.1. The molecule has 29 heavy (non-hydrogen) atoms. The number of amides is 2. The van der Waals surface area contributed by atoms with Crippen molar-refractivity contribution in [2.75, 3.05) is 39.3 Å². The number of piperazine rings is 1. The summed E-state index contributed by atoms with van der Waals surface area (Å²) >= 11 is 1.44. The number of likely N-dealkylation sites (tertiary alicyclic amines) is 1. The molecule has 2 fully saturated rings. The number of carbonyl (C=O) groups is 2. The number of hydrogen-bond acceptors (Lipinski definition) is 4. The molecule has 0 saturated carbocycles. The summed E-state index contributed by atoms with van der Waals surface area (Å²) < 4.78 is 0. The smallest absolute Gasteiger partial charge is 0.264 e. The molecule has 0 radical (unpaired) electrons. The van der Waals surface area contributed by atoms with Crippen molar-refractivity contribution in [3.8, 4) is 0 Å². The van der Waals surface area contributed by atoms with Crippen LogP contribution in [-0.4, -0.2) is 71.8 Å². The van der Waals surface area contributed by atoms with Gasteiger partial charge in [-0.25, -0.2) is 0 Å². The van der Waals surface area contributed by atoms with Crippen molar-refractivity contribution in [2.24, 2.45) is 0 Å². The van der Waals surface area contributed by atoms with E-state index < -0.39 is 0 Å². The average molecular weight is 410 g/mol. The summed E-state index contributed by atoms with van der Waals surface area (Å²) in [5.74, 6) is 0.118. The summed E-state index contributed by atoms with van der Waals surface area (Å²) in [7, 11) is 0. The van der Waals surface area contributed by atoms with Crippen LogP contribution in [0.5, 0.6) is 0 Å². The van der Waals surface area contributed by atoms with Gasteiger partial charge in [0.2, 0.25) is 5.91 Å². The molecular formula is C23H27N3O2S. The maximum Gasteiger partial charge on any atom is 0.264 e. The van der Waals surface area contributed by atoms with Crippen LogP contribution < -0.4 is 0 Å². The van der Waals surface area contributed by atoms with Gasteiger partial charge in [-0.05, 0) is 29.9 Å². The largest absolute Gasteiger partial charge is 0.338 e. The van der Waals surface area contributed by atoms with Crippen molar-refractivity contribution in [1.82, 2.24) is 14.7 Å². The van der Waals surface area contributed by atoms with Crippen LogP contribution in [0.15, 0.2) is 53.9 Å². The van der Waals surface area contributed by atoms with Crippen LogP contribution in [0.1, 0.15) is 28.1 Å². The number of thiophene rings is 1. The van der Waals surface area contributed by atoms with Crippen LogP contribution in [0.3, 0.4) is 0 Å². The van der Waals surface area contributed by atoms with Crippen LogP contribution in [0, 0.1) is 0 Å². The number of nitrogens with zero attached hydrogens (tertiary/aromatic N) is 3. The van der Waals surface area contributed by atoms with Gasteiger partial charge in [0.05, 0.1) is 4.88 Å². The van der Waals surface area contributed by atoms with Crippen LogP contribution in [0.25, 0.3) is 6.08 Å². The Bertz CT molecular complexity index is 842. The van der Waals surface area contributed by atoms with Gasteiger partial charge in [-0.3, -0.25) is 14.5 Å². The highest BCUT2D eigenvalue weighted by Gasteiger charge is 2.37. The van der Waals surface area contributed by atoms with E-state index in [1.54, 1.807) is 4.90 Å². The van der Waals surface area contributed by atoms with Crippen molar-refractivity contribution in [3.63, 3.8) is 0 Å². The predicted octanol–water partition coefficient (Wildman–Crippen LogP) is 3.21. The molecule has 0 bridgehead atoms. The summed E-state index contributed by atoms with van der Waals surface area (Å²) in [6.45, 7) is 4.78. The number of benzene rings is 1. The first kappa shape index (κ1) is 19.9. The highest BCUT2D eigenvalue weighted by molar-refractivity contribution is 7.12. The topological polar surface area (TPSA) is 43.9 Å². The molecule has 6 heteroatoms. The summed E-state index contributed by atoms with van der Waals surface area (Å²) in [6, 6.07) is 13.7. The molecule has 1 aromatic carbocycles.